The second kappa shape index (κ2) is 8.12. The molecule has 3 aromatic rings. The Balaban J connectivity index is 1.63. The van der Waals surface area contributed by atoms with E-state index in [2.05, 4.69) is 4.98 Å². The van der Waals surface area contributed by atoms with Crippen LogP contribution in [0.5, 0.6) is 5.75 Å². The number of pyridine rings is 1. The number of Topliss-reactive ketones (excluding diaryl/α,β-unsaturated/α-hetero) is 1. The fraction of sp³-hybridized carbons (Fsp3) is 0.208. The number of likely N-dealkylation sites (N-methyl/N-ethyl adjacent to an activating group) is 1. The Morgan fingerprint density at radius 1 is 1.25 bits per heavy atom. The minimum atomic E-state index is -0.726. The number of hydrogen-bond donors (Lipinski definition) is 1. The third-order valence-corrected chi connectivity index (χ3v) is 6.64. The molecule has 5 rings (SSSR count). The van der Waals surface area contributed by atoms with Gasteiger partial charge in [-0.3, -0.25) is 14.6 Å². The van der Waals surface area contributed by atoms with Crippen LogP contribution in [0.4, 0.5) is 5.69 Å². The number of aliphatic hydroxyl groups excluding tert-OH is 1. The van der Waals surface area contributed by atoms with E-state index in [9.17, 15) is 14.7 Å². The van der Waals surface area contributed by atoms with Gasteiger partial charge in [0.2, 0.25) is 0 Å². The number of amides is 1. The zero-order chi connectivity index (χ0) is 22.2. The van der Waals surface area contributed by atoms with Crippen molar-refractivity contribution in [2.24, 2.45) is 0 Å². The van der Waals surface area contributed by atoms with Crippen LogP contribution in [0.15, 0.2) is 65.8 Å². The molecular formula is C24H21N3O4S. The predicted octanol–water partition coefficient (Wildman–Crippen LogP) is 3.59. The van der Waals surface area contributed by atoms with Gasteiger partial charge in [-0.1, -0.05) is 12.1 Å². The average Bonchev–Trinajstić information content (AvgIpc) is 3.42. The molecule has 1 atom stereocenters. The summed E-state index contributed by atoms with van der Waals surface area (Å²) in [4.78, 5) is 34.8. The van der Waals surface area contributed by atoms with Crippen molar-refractivity contribution in [3.8, 4) is 5.75 Å². The topological polar surface area (TPSA) is 83.0 Å². The Kier molecular flexibility index (Phi) is 5.14. The molecule has 1 amide bonds. The Bertz CT molecular complexity index is 1210. The largest absolute Gasteiger partial charge is 0.507 e. The fourth-order valence-corrected chi connectivity index (χ4v) is 4.85. The fourth-order valence-electron chi connectivity index (χ4n) is 4.15. The number of fused-ring (bicyclic) bond motifs is 1. The van der Waals surface area contributed by atoms with Gasteiger partial charge < -0.3 is 19.6 Å². The minimum absolute atomic E-state index is 0.0684. The van der Waals surface area contributed by atoms with E-state index < -0.39 is 17.7 Å². The molecule has 1 aromatic carbocycles. The molecule has 162 valence electrons. The Morgan fingerprint density at radius 3 is 2.88 bits per heavy atom. The predicted molar refractivity (Wildman–Crippen MR) is 122 cm³/mol. The second-order valence-electron chi connectivity index (χ2n) is 7.75. The monoisotopic (exact) mass is 447 g/mol. The maximum absolute atomic E-state index is 13.1. The first kappa shape index (κ1) is 20.3. The van der Waals surface area contributed by atoms with Gasteiger partial charge >= 0.3 is 0 Å². The van der Waals surface area contributed by atoms with Crippen LogP contribution >= 0.6 is 11.3 Å². The van der Waals surface area contributed by atoms with Crippen LogP contribution in [0, 0.1) is 0 Å². The van der Waals surface area contributed by atoms with Gasteiger partial charge in [0.1, 0.15) is 18.1 Å². The maximum Gasteiger partial charge on any atom is 0.295 e. The number of ether oxygens (including phenoxy) is 1. The average molecular weight is 448 g/mol. The van der Waals surface area contributed by atoms with E-state index in [1.807, 2.05) is 35.5 Å². The zero-order valence-electron chi connectivity index (χ0n) is 17.4. The minimum Gasteiger partial charge on any atom is -0.507 e. The molecule has 0 saturated carbocycles. The number of hydrogen-bond acceptors (Lipinski definition) is 7. The quantitative estimate of drug-likeness (QED) is 0.374. The lowest BCUT2D eigenvalue weighted by molar-refractivity contribution is -0.140. The molecule has 1 fully saturated rings. The van der Waals surface area contributed by atoms with Gasteiger partial charge in [0.05, 0.1) is 30.4 Å². The molecule has 1 N–H and O–H groups in total. The third kappa shape index (κ3) is 3.42. The van der Waals surface area contributed by atoms with Crippen LogP contribution in [0.2, 0.25) is 0 Å². The lowest BCUT2D eigenvalue weighted by Gasteiger charge is -2.28. The summed E-state index contributed by atoms with van der Waals surface area (Å²) in [6, 6.07) is 11.9. The van der Waals surface area contributed by atoms with Gasteiger partial charge in [-0.25, -0.2) is 0 Å². The number of rotatable bonds is 4. The summed E-state index contributed by atoms with van der Waals surface area (Å²) in [5.41, 5.74) is 2.03. The van der Waals surface area contributed by atoms with Crippen molar-refractivity contribution in [1.82, 2.24) is 9.88 Å². The van der Waals surface area contributed by atoms with E-state index >= 15 is 0 Å². The Labute approximate surface area is 189 Å². The van der Waals surface area contributed by atoms with Crippen molar-refractivity contribution in [3.63, 3.8) is 0 Å². The number of carbonyl (C=O) groups is 2. The maximum atomic E-state index is 13.1. The van der Waals surface area contributed by atoms with Gasteiger partial charge in [-0.05, 0) is 41.3 Å². The van der Waals surface area contributed by atoms with Crippen LogP contribution in [-0.2, 0) is 16.1 Å². The third-order valence-electron chi connectivity index (χ3n) is 5.77. The first-order valence-corrected chi connectivity index (χ1v) is 11.1. The van der Waals surface area contributed by atoms with Gasteiger partial charge in [0.25, 0.3) is 11.7 Å². The van der Waals surface area contributed by atoms with Crippen LogP contribution < -0.4 is 9.64 Å². The molecule has 1 saturated heterocycles. The van der Waals surface area contributed by atoms with E-state index in [0.717, 1.165) is 22.9 Å². The molecule has 0 bridgehead atoms. The number of anilines is 1. The summed E-state index contributed by atoms with van der Waals surface area (Å²) < 4.78 is 5.68. The number of aromatic nitrogens is 1. The summed E-state index contributed by atoms with van der Waals surface area (Å²) in [5.74, 6) is -0.813. The van der Waals surface area contributed by atoms with Gasteiger partial charge in [0, 0.05) is 29.9 Å². The van der Waals surface area contributed by atoms with Crippen LogP contribution in [0.25, 0.3) is 5.76 Å². The SMILES string of the molecule is CN1CCOc2ccc(/C(O)=C3/C(=O)C(=O)N(Cc4cccs4)C3c3cccnc3)cc21. The van der Waals surface area contributed by atoms with Gasteiger partial charge in [0.15, 0.2) is 0 Å². The summed E-state index contributed by atoms with van der Waals surface area (Å²) in [6.45, 7) is 1.58. The standard InChI is InChI=1S/C24H21N3O4S/c1-26-9-10-31-19-7-6-15(12-18(19)26)22(28)20-21(16-4-2-8-25-13-16)27(24(30)23(20)29)14-17-5-3-11-32-17/h2-8,11-13,21,28H,9-10,14H2,1H3/b22-20-. The summed E-state index contributed by atoms with van der Waals surface area (Å²) in [6.07, 6.45) is 3.26. The lowest BCUT2D eigenvalue weighted by Crippen LogP contribution is -2.29. The molecule has 1 unspecified atom stereocenters. The molecule has 2 aromatic heterocycles. The number of likely N-dealkylation sites (tertiary alicyclic amines) is 1. The number of benzene rings is 1. The number of carbonyl (C=O) groups excluding carboxylic acids is 2. The number of nitrogens with zero attached hydrogens (tertiary/aromatic N) is 3. The first-order valence-electron chi connectivity index (χ1n) is 10.2. The summed E-state index contributed by atoms with van der Waals surface area (Å²) in [7, 11) is 1.95. The Hall–Kier alpha value is -3.65. The van der Waals surface area contributed by atoms with Crippen molar-refractivity contribution in [2.75, 3.05) is 25.1 Å². The number of ketones is 1. The highest BCUT2D eigenvalue weighted by Gasteiger charge is 2.46. The summed E-state index contributed by atoms with van der Waals surface area (Å²) >= 11 is 1.51. The normalized spacial score (nSPS) is 19.7. The van der Waals surface area contributed by atoms with Crippen LogP contribution in [-0.4, -0.2) is 46.9 Å². The molecule has 2 aliphatic heterocycles. The highest BCUT2D eigenvalue weighted by atomic mass is 32.1. The van der Waals surface area contributed by atoms with Crippen LogP contribution in [0.1, 0.15) is 22.0 Å². The first-order chi connectivity index (χ1) is 15.5. The Morgan fingerprint density at radius 2 is 2.12 bits per heavy atom. The molecule has 0 aliphatic carbocycles. The van der Waals surface area contributed by atoms with Crippen molar-refractivity contribution >= 4 is 34.5 Å². The molecule has 0 spiro atoms. The number of aliphatic hydroxyl groups is 1. The van der Waals surface area contributed by atoms with Crippen molar-refractivity contribution in [2.45, 2.75) is 12.6 Å². The molecule has 2 aliphatic rings. The van der Waals surface area contributed by atoms with Gasteiger partial charge in [-0.15, -0.1) is 11.3 Å². The highest BCUT2D eigenvalue weighted by molar-refractivity contribution is 7.09. The summed E-state index contributed by atoms with van der Waals surface area (Å²) in [5, 5.41) is 13.2. The van der Waals surface area contributed by atoms with E-state index in [0.29, 0.717) is 17.7 Å². The van der Waals surface area contributed by atoms with Crippen molar-refractivity contribution in [1.29, 1.82) is 0 Å². The molecular weight excluding hydrogens is 426 g/mol. The highest BCUT2D eigenvalue weighted by Crippen LogP contribution is 2.41. The van der Waals surface area contributed by atoms with E-state index in [-0.39, 0.29) is 17.9 Å². The zero-order valence-corrected chi connectivity index (χ0v) is 18.2. The smallest absolute Gasteiger partial charge is 0.295 e. The molecule has 4 heterocycles. The molecule has 8 heteroatoms. The van der Waals surface area contributed by atoms with E-state index in [1.54, 1.807) is 36.7 Å². The van der Waals surface area contributed by atoms with Crippen molar-refractivity contribution in [3.05, 3.63) is 81.8 Å². The lowest BCUT2D eigenvalue weighted by atomic mass is 9.96. The number of thiophene rings is 1. The second-order valence-corrected chi connectivity index (χ2v) is 8.78. The molecule has 0 radical (unpaired) electrons. The molecule has 7 nitrogen and oxygen atoms in total. The van der Waals surface area contributed by atoms with E-state index in [4.69, 9.17) is 4.74 Å². The van der Waals surface area contributed by atoms with Gasteiger partial charge in [-0.2, -0.15) is 0 Å². The molecule has 32 heavy (non-hydrogen) atoms. The van der Waals surface area contributed by atoms with E-state index in [1.165, 1.54) is 16.2 Å². The van der Waals surface area contributed by atoms with Crippen LogP contribution in [0.3, 0.4) is 0 Å². The van der Waals surface area contributed by atoms with Crippen molar-refractivity contribution < 1.29 is 19.4 Å².